The number of amides is 2. The predicted octanol–water partition coefficient (Wildman–Crippen LogP) is 3.01. The zero-order chi connectivity index (χ0) is 18.7. The molecule has 0 unspecified atom stereocenters. The first-order valence-corrected chi connectivity index (χ1v) is 8.77. The summed E-state index contributed by atoms with van der Waals surface area (Å²) in [5.74, 6) is -0.773. The second-order valence-electron chi connectivity index (χ2n) is 6.15. The molecule has 1 saturated heterocycles. The molecule has 9 heteroatoms. The van der Waals surface area contributed by atoms with E-state index in [-0.39, 0.29) is 6.79 Å². The largest absolute Gasteiger partial charge is 0.454 e. The first-order chi connectivity index (χ1) is 13.0. The second kappa shape index (κ2) is 5.87. The van der Waals surface area contributed by atoms with Gasteiger partial charge in [-0.3, -0.25) is 9.59 Å². The Hall–Kier alpha value is -2.77. The Bertz CT molecular complexity index is 1040. The van der Waals surface area contributed by atoms with Gasteiger partial charge in [-0.2, -0.15) is 0 Å². The van der Waals surface area contributed by atoms with Crippen LogP contribution in [0, 0.1) is 5.92 Å². The van der Waals surface area contributed by atoms with Gasteiger partial charge in [0.15, 0.2) is 11.5 Å². The SMILES string of the molecule is O=C1[C@H]2C(c3ccc(Cl)cc3Cl)=NO[C@H]2C(=O)N1c1ccc2c(c1)OCO2. The van der Waals surface area contributed by atoms with Crippen molar-refractivity contribution in [2.24, 2.45) is 11.1 Å². The molecule has 0 saturated carbocycles. The second-order valence-corrected chi connectivity index (χ2v) is 7.00. The van der Waals surface area contributed by atoms with Crippen molar-refractivity contribution in [3.8, 4) is 11.5 Å². The zero-order valence-electron chi connectivity index (χ0n) is 13.5. The van der Waals surface area contributed by atoms with Crippen LogP contribution < -0.4 is 14.4 Å². The Morgan fingerprint density at radius 2 is 1.81 bits per heavy atom. The maximum Gasteiger partial charge on any atom is 0.278 e. The summed E-state index contributed by atoms with van der Waals surface area (Å²) in [6, 6.07) is 9.69. The lowest BCUT2D eigenvalue weighted by molar-refractivity contribution is -0.126. The van der Waals surface area contributed by atoms with Crippen molar-refractivity contribution in [2.75, 3.05) is 11.7 Å². The van der Waals surface area contributed by atoms with Crippen LogP contribution in [-0.4, -0.2) is 30.4 Å². The lowest BCUT2D eigenvalue weighted by atomic mass is 9.94. The number of anilines is 1. The highest BCUT2D eigenvalue weighted by Gasteiger charge is 2.56. The fourth-order valence-corrected chi connectivity index (χ4v) is 3.88. The Morgan fingerprint density at radius 1 is 1.00 bits per heavy atom. The van der Waals surface area contributed by atoms with Crippen LogP contribution in [0.25, 0.3) is 0 Å². The number of rotatable bonds is 2. The lowest BCUT2D eigenvalue weighted by Crippen LogP contribution is -2.33. The van der Waals surface area contributed by atoms with Gasteiger partial charge in [-0.15, -0.1) is 0 Å². The Labute approximate surface area is 163 Å². The molecule has 5 rings (SSSR count). The fourth-order valence-electron chi connectivity index (χ4n) is 3.38. The summed E-state index contributed by atoms with van der Waals surface area (Å²) in [6.07, 6.45) is -1.02. The summed E-state index contributed by atoms with van der Waals surface area (Å²) in [5, 5.41) is 4.72. The monoisotopic (exact) mass is 404 g/mol. The molecule has 0 aromatic heterocycles. The normalized spacial score (nSPS) is 22.7. The third kappa shape index (κ3) is 2.39. The third-order valence-electron chi connectivity index (χ3n) is 4.63. The molecule has 2 atom stereocenters. The van der Waals surface area contributed by atoms with Crippen molar-refractivity contribution in [3.63, 3.8) is 0 Å². The number of benzene rings is 2. The summed E-state index contributed by atoms with van der Waals surface area (Å²) < 4.78 is 10.6. The summed E-state index contributed by atoms with van der Waals surface area (Å²) >= 11 is 12.2. The van der Waals surface area contributed by atoms with Crippen LogP contribution in [-0.2, 0) is 14.4 Å². The van der Waals surface area contributed by atoms with Gasteiger partial charge in [0.05, 0.1) is 10.7 Å². The summed E-state index contributed by atoms with van der Waals surface area (Å²) in [6.45, 7) is 0.0981. The average Bonchev–Trinajstić information content (AvgIpc) is 3.32. The van der Waals surface area contributed by atoms with Crippen molar-refractivity contribution in [3.05, 3.63) is 52.0 Å². The molecular weight excluding hydrogens is 395 g/mol. The molecule has 3 aliphatic heterocycles. The lowest BCUT2D eigenvalue weighted by Gasteiger charge is -2.16. The van der Waals surface area contributed by atoms with Crippen LogP contribution in [0.1, 0.15) is 5.56 Å². The number of oxime groups is 1. The van der Waals surface area contributed by atoms with E-state index in [9.17, 15) is 9.59 Å². The maximum atomic E-state index is 13.1. The minimum absolute atomic E-state index is 0.0981. The predicted molar refractivity (Wildman–Crippen MR) is 96.4 cm³/mol. The Morgan fingerprint density at radius 3 is 2.63 bits per heavy atom. The molecule has 2 amide bonds. The van der Waals surface area contributed by atoms with Crippen LogP contribution in [0.2, 0.25) is 10.0 Å². The van der Waals surface area contributed by atoms with Gasteiger partial charge < -0.3 is 14.3 Å². The molecule has 3 aliphatic rings. The number of carbonyl (C=O) groups excluding carboxylic acids is 2. The van der Waals surface area contributed by atoms with Crippen LogP contribution in [0.3, 0.4) is 0 Å². The van der Waals surface area contributed by atoms with E-state index >= 15 is 0 Å². The molecule has 27 heavy (non-hydrogen) atoms. The molecule has 136 valence electrons. The number of hydrogen-bond acceptors (Lipinski definition) is 6. The number of halogens is 2. The van der Waals surface area contributed by atoms with E-state index in [1.54, 1.807) is 36.4 Å². The minimum atomic E-state index is -1.02. The number of nitrogens with zero attached hydrogens (tertiary/aromatic N) is 2. The standard InChI is InChI=1S/C18H10Cl2N2O5/c19-8-1-3-10(11(20)5-8)15-14-16(27-21-15)18(24)22(17(14)23)9-2-4-12-13(6-9)26-7-25-12/h1-6,14,16H,7H2/t14-,16+/m0/s1. The molecule has 3 heterocycles. The maximum absolute atomic E-state index is 13.1. The van der Waals surface area contributed by atoms with E-state index in [2.05, 4.69) is 5.16 Å². The van der Waals surface area contributed by atoms with Gasteiger partial charge in [0.2, 0.25) is 18.8 Å². The van der Waals surface area contributed by atoms with Crippen molar-refractivity contribution in [1.29, 1.82) is 0 Å². The van der Waals surface area contributed by atoms with Gasteiger partial charge in [-0.05, 0) is 24.3 Å². The van der Waals surface area contributed by atoms with Crippen molar-refractivity contribution in [1.82, 2.24) is 0 Å². The van der Waals surface area contributed by atoms with E-state index in [1.165, 1.54) is 0 Å². The number of fused-ring (bicyclic) bond motifs is 2. The number of imide groups is 1. The third-order valence-corrected chi connectivity index (χ3v) is 5.18. The quantitative estimate of drug-likeness (QED) is 0.718. The highest BCUT2D eigenvalue weighted by Crippen LogP contribution is 2.40. The molecule has 0 N–H and O–H groups in total. The first-order valence-electron chi connectivity index (χ1n) is 8.01. The summed E-state index contributed by atoms with van der Waals surface area (Å²) in [7, 11) is 0. The molecule has 0 aliphatic carbocycles. The van der Waals surface area contributed by atoms with E-state index < -0.39 is 23.8 Å². The van der Waals surface area contributed by atoms with Crippen LogP contribution in [0.5, 0.6) is 11.5 Å². The Kier molecular flexibility index (Phi) is 3.57. The van der Waals surface area contributed by atoms with Gasteiger partial charge in [0, 0.05) is 16.7 Å². The molecular formula is C18H10Cl2N2O5. The summed E-state index contributed by atoms with van der Waals surface area (Å²) in [5.41, 5.74) is 1.19. The van der Waals surface area contributed by atoms with Crippen LogP contribution in [0.15, 0.2) is 41.6 Å². The topological polar surface area (TPSA) is 77.4 Å². The molecule has 0 radical (unpaired) electrons. The van der Waals surface area contributed by atoms with Crippen molar-refractivity contribution in [2.45, 2.75) is 6.10 Å². The van der Waals surface area contributed by atoms with E-state index in [1.807, 2.05) is 0 Å². The summed E-state index contributed by atoms with van der Waals surface area (Å²) in [4.78, 5) is 32.2. The minimum Gasteiger partial charge on any atom is -0.454 e. The molecule has 2 aromatic rings. The molecule has 0 bridgehead atoms. The van der Waals surface area contributed by atoms with E-state index in [0.717, 1.165) is 4.90 Å². The number of hydrogen-bond donors (Lipinski definition) is 0. The fraction of sp³-hybridized carbons (Fsp3) is 0.167. The van der Waals surface area contributed by atoms with Crippen LogP contribution in [0.4, 0.5) is 5.69 Å². The number of carbonyl (C=O) groups is 2. The Balaban J connectivity index is 1.52. The van der Waals surface area contributed by atoms with E-state index in [4.69, 9.17) is 37.5 Å². The van der Waals surface area contributed by atoms with Gasteiger partial charge in [0.1, 0.15) is 11.6 Å². The highest BCUT2D eigenvalue weighted by atomic mass is 35.5. The number of ether oxygens (including phenoxy) is 2. The molecule has 2 aromatic carbocycles. The molecule has 0 spiro atoms. The van der Waals surface area contributed by atoms with Gasteiger partial charge in [-0.1, -0.05) is 34.4 Å². The molecule has 1 fully saturated rings. The van der Waals surface area contributed by atoms with Gasteiger partial charge in [-0.25, -0.2) is 4.90 Å². The average molecular weight is 405 g/mol. The smallest absolute Gasteiger partial charge is 0.278 e. The van der Waals surface area contributed by atoms with E-state index in [0.29, 0.717) is 38.5 Å². The van der Waals surface area contributed by atoms with Gasteiger partial charge in [0.25, 0.3) is 5.91 Å². The first kappa shape index (κ1) is 16.4. The van der Waals surface area contributed by atoms with Crippen molar-refractivity contribution < 1.29 is 23.9 Å². The van der Waals surface area contributed by atoms with Crippen molar-refractivity contribution >= 4 is 46.4 Å². The van der Waals surface area contributed by atoms with Gasteiger partial charge >= 0.3 is 0 Å². The highest BCUT2D eigenvalue weighted by molar-refractivity contribution is 6.39. The van der Waals surface area contributed by atoms with Crippen LogP contribution >= 0.6 is 23.2 Å². The zero-order valence-corrected chi connectivity index (χ0v) is 15.0. The molecule has 7 nitrogen and oxygen atoms in total.